The quantitative estimate of drug-likeness (QED) is 0.433. The van der Waals surface area contributed by atoms with Gasteiger partial charge in [-0.2, -0.15) is 0 Å². The summed E-state index contributed by atoms with van der Waals surface area (Å²) < 4.78 is 5.31. The van der Waals surface area contributed by atoms with Gasteiger partial charge in [0.05, 0.1) is 6.26 Å². The third-order valence-electron chi connectivity index (χ3n) is 4.61. The molecule has 0 radical (unpaired) electrons. The van der Waals surface area contributed by atoms with E-state index >= 15 is 0 Å². The van der Waals surface area contributed by atoms with Crippen LogP contribution in [0.5, 0.6) is 0 Å². The van der Waals surface area contributed by atoms with Crippen molar-refractivity contribution in [2.24, 2.45) is 0 Å². The van der Waals surface area contributed by atoms with Gasteiger partial charge in [0, 0.05) is 18.2 Å². The molecule has 0 saturated carbocycles. The summed E-state index contributed by atoms with van der Waals surface area (Å²) in [6.45, 7) is 4.48. The maximum absolute atomic E-state index is 12.7. The minimum Gasteiger partial charge on any atom is -0.465 e. The number of furan rings is 1. The number of carbonyl (C=O) groups is 2. The summed E-state index contributed by atoms with van der Waals surface area (Å²) in [5, 5.41) is 5.60. The first-order chi connectivity index (χ1) is 14.5. The predicted octanol–water partition coefficient (Wildman–Crippen LogP) is 4.42. The summed E-state index contributed by atoms with van der Waals surface area (Å²) in [7, 11) is 0. The van der Waals surface area contributed by atoms with Gasteiger partial charge in [0.1, 0.15) is 11.5 Å². The second-order valence-corrected chi connectivity index (χ2v) is 7.25. The number of nitrogens with one attached hydrogen (secondary N) is 2. The fraction of sp³-hybridized carbons (Fsp3) is 0.200. The van der Waals surface area contributed by atoms with E-state index in [9.17, 15) is 9.59 Å². The Bertz CT molecular complexity index is 1040. The van der Waals surface area contributed by atoms with Crippen molar-refractivity contribution in [3.05, 3.63) is 101 Å². The molecule has 154 valence electrons. The number of benzene rings is 2. The van der Waals surface area contributed by atoms with Gasteiger partial charge in [-0.05, 0) is 56.5 Å². The number of hydrogen-bond acceptors (Lipinski definition) is 3. The van der Waals surface area contributed by atoms with Crippen LogP contribution in [0, 0.1) is 13.8 Å². The summed E-state index contributed by atoms with van der Waals surface area (Å²) in [6, 6.07) is 19.0. The van der Waals surface area contributed by atoms with Crippen LogP contribution in [0.4, 0.5) is 0 Å². The first-order valence-electron chi connectivity index (χ1n) is 9.98. The Morgan fingerprint density at radius 1 is 0.967 bits per heavy atom. The Hall–Kier alpha value is -3.60. The smallest absolute Gasteiger partial charge is 0.267 e. The Balaban J connectivity index is 1.63. The van der Waals surface area contributed by atoms with Crippen LogP contribution in [-0.4, -0.2) is 18.4 Å². The standard InChI is InChI=1S/C25H26N2O3/c1-18-7-3-9-20(15-18)10-5-13-26-25(29)23(17-22-12-6-14-30-22)27-24(28)21-11-4-8-19(2)16-21/h3-4,6-9,11-12,14-17H,5,10,13H2,1-2H3,(H,26,29)(H,27,28)/b23-17-. The van der Waals surface area contributed by atoms with Gasteiger partial charge in [-0.1, -0.05) is 47.5 Å². The lowest BCUT2D eigenvalue weighted by atomic mass is 10.1. The van der Waals surface area contributed by atoms with E-state index in [2.05, 4.69) is 35.8 Å². The van der Waals surface area contributed by atoms with E-state index in [4.69, 9.17) is 4.42 Å². The SMILES string of the molecule is Cc1cccc(CCCNC(=O)/C(=C/c2ccco2)NC(=O)c2cccc(C)c2)c1. The van der Waals surface area contributed by atoms with Crippen LogP contribution in [-0.2, 0) is 11.2 Å². The molecule has 0 unspecified atom stereocenters. The molecule has 0 aliphatic carbocycles. The van der Waals surface area contributed by atoms with Gasteiger partial charge in [0.25, 0.3) is 11.8 Å². The molecule has 0 aliphatic heterocycles. The summed E-state index contributed by atoms with van der Waals surface area (Å²) in [5.41, 5.74) is 4.07. The Kier molecular flexibility index (Phi) is 7.22. The molecule has 0 aliphatic rings. The normalized spacial score (nSPS) is 11.2. The zero-order chi connectivity index (χ0) is 21.3. The van der Waals surface area contributed by atoms with E-state index in [1.807, 2.05) is 25.1 Å². The van der Waals surface area contributed by atoms with Crippen molar-refractivity contribution in [1.82, 2.24) is 10.6 Å². The fourth-order valence-corrected chi connectivity index (χ4v) is 3.11. The topological polar surface area (TPSA) is 71.3 Å². The van der Waals surface area contributed by atoms with E-state index in [0.29, 0.717) is 17.9 Å². The first-order valence-corrected chi connectivity index (χ1v) is 9.98. The highest BCUT2D eigenvalue weighted by Crippen LogP contribution is 2.10. The Morgan fingerprint density at radius 2 is 1.73 bits per heavy atom. The van der Waals surface area contributed by atoms with Crippen molar-refractivity contribution in [3.63, 3.8) is 0 Å². The predicted molar refractivity (Wildman–Crippen MR) is 118 cm³/mol. The first kappa shape index (κ1) is 21.1. The molecule has 0 saturated heterocycles. The van der Waals surface area contributed by atoms with Gasteiger partial charge in [0.2, 0.25) is 0 Å². The number of rotatable bonds is 8. The van der Waals surface area contributed by atoms with Crippen LogP contribution in [0.25, 0.3) is 6.08 Å². The van der Waals surface area contributed by atoms with Crippen molar-refractivity contribution in [3.8, 4) is 0 Å². The average molecular weight is 402 g/mol. The van der Waals surface area contributed by atoms with E-state index in [0.717, 1.165) is 18.4 Å². The molecule has 0 spiro atoms. The van der Waals surface area contributed by atoms with E-state index < -0.39 is 0 Å². The van der Waals surface area contributed by atoms with Crippen LogP contribution < -0.4 is 10.6 Å². The van der Waals surface area contributed by atoms with E-state index in [1.165, 1.54) is 23.5 Å². The van der Waals surface area contributed by atoms with Crippen LogP contribution in [0.2, 0.25) is 0 Å². The lowest BCUT2D eigenvalue weighted by Crippen LogP contribution is -2.35. The van der Waals surface area contributed by atoms with Crippen molar-refractivity contribution in [2.75, 3.05) is 6.54 Å². The summed E-state index contributed by atoms with van der Waals surface area (Å²) in [4.78, 5) is 25.4. The lowest BCUT2D eigenvalue weighted by molar-refractivity contribution is -0.117. The van der Waals surface area contributed by atoms with Crippen molar-refractivity contribution < 1.29 is 14.0 Å². The van der Waals surface area contributed by atoms with Gasteiger partial charge in [-0.15, -0.1) is 0 Å². The van der Waals surface area contributed by atoms with Gasteiger partial charge in [-0.3, -0.25) is 9.59 Å². The van der Waals surface area contributed by atoms with Crippen LogP contribution in [0.1, 0.15) is 39.2 Å². The zero-order valence-corrected chi connectivity index (χ0v) is 17.3. The largest absolute Gasteiger partial charge is 0.465 e. The Morgan fingerprint density at radius 3 is 2.43 bits per heavy atom. The highest BCUT2D eigenvalue weighted by atomic mass is 16.3. The van der Waals surface area contributed by atoms with Crippen molar-refractivity contribution in [1.29, 1.82) is 0 Å². The van der Waals surface area contributed by atoms with Crippen LogP contribution in [0.15, 0.2) is 77.0 Å². The second kappa shape index (κ2) is 10.3. The third kappa shape index (κ3) is 6.21. The average Bonchev–Trinajstić information content (AvgIpc) is 3.24. The molecule has 3 aromatic rings. The molecule has 0 fully saturated rings. The number of amides is 2. The van der Waals surface area contributed by atoms with Crippen molar-refractivity contribution in [2.45, 2.75) is 26.7 Å². The van der Waals surface area contributed by atoms with Gasteiger partial charge >= 0.3 is 0 Å². The molecular formula is C25H26N2O3. The molecule has 1 heterocycles. The molecule has 2 aromatic carbocycles. The minimum atomic E-state index is -0.350. The summed E-state index contributed by atoms with van der Waals surface area (Å²) in [5.74, 6) is -0.201. The summed E-state index contributed by atoms with van der Waals surface area (Å²) in [6.07, 6.45) is 4.72. The molecule has 30 heavy (non-hydrogen) atoms. The molecular weight excluding hydrogens is 376 g/mol. The highest BCUT2D eigenvalue weighted by Gasteiger charge is 2.15. The highest BCUT2D eigenvalue weighted by molar-refractivity contribution is 6.05. The summed E-state index contributed by atoms with van der Waals surface area (Å²) >= 11 is 0. The zero-order valence-electron chi connectivity index (χ0n) is 17.3. The molecule has 1 aromatic heterocycles. The molecule has 0 bridgehead atoms. The van der Waals surface area contributed by atoms with Crippen LogP contribution >= 0.6 is 0 Å². The molecule has 2 amide bonds. The molecule has 3 rings (SSSR count). The molecule has 5 heteroatoms. The minimum absolute atomic E-state index is 0.145. The Labute approximate surface area is 176 Å². The molecule has 0 atom stereocenters. The fourth-order valence-electron chi connectivity index (χ4n) is 3.11. The molecule has 5 nitrogen and oxygen atoms in total. The maximum atomic E-state index is 12.7. The van der Waals surface area contributed by atoms with Crippen LogP contribution in [0.3, 0.4) is 0 Å². The number of hydrogen-bond donors (Lipinski definition) is 2. The molecule has 2 N–H and O–H groups in total. The van der Waals surface area contributed by atoms with E-state index in [-0.39, 0.29) is 17.5 Å². The van der Waals surface area contributed by atoms with Gasteiger partial charge < -0.3 is 15.1 Å². The monoisotopic (exact) mass is 402 g/mol. The number of carbonyl (C=O) groups excluding carboxylic acids is 2. The lowest BCUT2D eigenvalue weighted by Gasteiger charge is -2.11. The van der Waals surface area contributed by atoms with Gasteiger partial charge in [-0.25, -0.2) is 0 Å². The van der Waals surface area contributed by atoms with Crippen molar-refractivity contribution >= 4 is 17.9 Å². The number of aryl methyl sites for hydroxylation is 3. The van der Waals surface area contributed by atoms with E-state index in [1.54, 1.807) is 24.3 Å². The second-order valence-electron chi connectivity index (χ2n) is 7.25. The van der Waals surface area contributed by atoms with Gasteiger partial charge in [0.15, 0.2) is 0 Å². The maximum Gasteiger partial charge on any atom is 0.267 e. The third-order valence-corrected chi connectivity index (χ3v) is 4.61.